The number of amides is 1. The number of nitrogens with two attached hydrogens (primary N) is 2. The highest BCUT2D eigenvalue weighted by Gasteiger charge is 2.23. The number of rotatable bonds is 4. The summed E-state index contributed by atoms with van der Waals surface area (Å²) in [4.78, 5) is 12.0. The van der Waals surface area contributed by atoms with E-state index in [1.54, 1.807) is 13.0 Å². The molecular formula is C14H23N3O3S. The first-order valence-corrected chi connectivity index (χ1v) is 8.15. The van der Waals surface area contributed by atoms with Crippen LogP contribution in [0, 0.1) is 12.3 Å². The fraction of sp³-hybridized carbons (Fsp3) is 0.500. The summed E-state index contributed by atoms with van der Waals surface area (Å²) >= 11 is 0. The van der Waals surface area contributed by atoms with E-state index in [1.165, 1.54) is 12.1 Å². The largest absolute Gasteiger partial charge is 0.327 e. The molecule has 0 radical (unpaired) electrons. The van der Waals surface area contributed by atoms with Crippen LogP contribution in [0.25, 0.3) is 0 Å². The van der Waals surface area contributed by atoms with Gasteiger partial charge in [0.05, 0.1) is 4.90 Å². The van der Waals surface area contributed by atoms with Gasteiger partial charge in [-0.3, -0.25) is 4.79 Å². The normalized spacial score (nSPS) is 13.8. The first-order valence-electron chi connectivity index (χ1n) is 6.61. The Kier molecular flexibility index (Phi) is 5.14. The standard InChI is InChI=1S/C14H23N3O3S/c1-9-10(6-5-7-11(9)21(16,19)20)17-13(18)8-12(15)14(2,3)4/h5-7,12H,8,15H2,1-4H3,(H,17,18)(H2,16,19,20). The molecule has 0 aliphatic rings. The van der Waals surface area contributed by atoms with Crippen molar-refractivity contribution in [3.63, 3.8) is 0 Å². The van der Waals surface area contributed by atoms with Crippen molar-refractivity contribution in [2.24, 2.45) is 16.3 Å². The number of hydrogen-bond donors (Lipinski definition) is 3. The van der Waals surface area contributed by atoms with E-state index in [4.69, 9.17) is 10.9 Å². The van der Waals surface area contributed by atoms with Crippen molar-refractivity contribution < 1.29 is 13.2 Å². The number of carbonyl (C=O) groups is 1. The predicted octanol–water partition coefficient (Wildman–Crippen LogP) is 1.34. The third-order valence-electron chi connectivity index (χ3n) is 3.38. The van der Waals surface area contributed by atoms with Crippen molar-refractivity contribution in [3.05, 3.63) is 23.8 Å². The molecule has 1 aromatic rings. The Bertz CT molecular complexity index is 633. The molecule has 1 unspecified atom stereocenters. The average molecular weight is 313 g/mol. The summed E-state index contributed by atoms with van der Waals surface area (Å²) in [6, 6.07) is 4.27. The zero-order chi connectivity index (χ0) is 16.4. The smallest absolute Gasteiger partial charge is 0.238 e. The van der Waals surface area contributed by atoms with Crippen LogP contribution in [0.5, 0.6) is 0 Å². The molecule has 0 heterocycles. The Morgan fingerprint density at radius 3 is 2.38 bits per heavy atom. The fourth-order valence-electron chi connectivity index (χ4n) is 1.77. The van der Waals surface area contributed by atoms with Crippen molar-refractivity contribution in [2.45, 2.75) is 45.1 Å². The quantitative estimate of drug-likeness (QED) is 0.778. The minimum Gasteiger partial charge on any atom is -0.327 e. The number of primary sulfonamides is 1. The van der Waals surface area contributed by atoms with E-state index in [9.17, 15) is 13.2 Å². The molecule has 6 nitrogen and oxygen atoms in total. The maximum absolute atomic E-state index is 12.0. The lowest BCUT2D eigenvalue weighted by atomic mass is 9.85. The van der Waals surface area contributed by atoms with Crippen LogP contribution in [0.15, 0.2) is 23.1 Å². The van der Waals surface area contributed by atoms with Gasteiger partial charge in [0.25, 0.3) is 0 Å². The molecule has 1 rings (SSSR count). The molecule has 21 heavy (non-hydrogen) atoms. The fourth-order valence-corrected chi connectivity index (χ4v) is 2.57. The average Bonchev–Trinajstić information content (AvgIpc) is 2.28. The van der Waals surface area contributed by atoms with E-state index < -0.39 is 10.0 Å². The second-order valence-corrected chi connectivity index (χ2v) is 7.73. The zero-order valence-corrected chi connectivity index (χ0v) is 13.6. The molecule has 5 N–H and O–H groups in total. The molecule has 1 aromatic carbocycles. The van der Waals surface area contributed by atoms with Gasteiger partial charge in [0.1, 0.15) is 0 Å². The van der Waals surface area contributed by atoms with Crippen molar-refractivity contribution in [1.82, 2.24) is 0 Å². The number of benzene rings is 1. The Labute approximate surface area is 126 Å². The van der Waals surface area contributed by atoms with Crippen LogP contribution in [-0.2, 0) is 14.8 Å². The van der Waals surface area contributed by atoms with Gasteiger partial charge in [-0.25, -0.2) is 13.6 Å². The summed E-state index contributed by atoms with van der Waals surface area (Å²) in [7, 11) is -3.81. The molecule has 1 atom stereocenters. The third kappa shape index (κ3) is 4.80. The third-order valence-corrected chi connectivity index (χ3v) is 4.44. The van der Waals surface area contributed by atoms with Crippen LogP contribution < -0.4 is 16.2 Å². The van der Waals surface area contributed by atoms with Gasteiger partial charge in [-0.2, -0.15) is 0 Å². The Morgan fingerprint density at radius 2 is 1.90 bits per heavy atom. The van der Waals surface area contributed by atoms with Crippen molar-refractivity contribution in [2.75, 3.05) is 5.32 Å². The van der Waals surface area contributed by atoms with Crippen molar-refractivity contribution in [3.8, 4) is 0 Å². The topological polar surface area (TPSA) is 115 Å². The number of carbonyl (C=O) groups excluding carboxylic acids is 1. The summed E-state index contributed by atoms with van der Waals surface area (Å²) in [5.41, 5.74) is 6.62. The minimum atomic E-state index is -3.81. The molecule has 0 spiro atoms. The lowest BCUT2D eigenvalue weighted by Gasteiger charge is -2.26. The van der Waals surface area contributed by atoms with E-state index in [2.05, 4.69) is 5.32 Å². The second-order valence-electron chi connectivity index (χ2n) is 6.20. The zero-order valence-electron chi connectivity index (χ0n) is 12.8. The van der Waals surface area contributed by atoms with Gasteiger partial charge in [0.2, 0.25) is 15.9 Å². The maximum atomic E-state index is 12.0. The highest BCUT2D eigenvalue weighted by molar-refractivity contribution is 7.89. The van der Waals surface area contributed by atoms with Crippen LogP contribution in [-0.4, -0.2) is 20.4 Å². The van der Waals surface area contributed by atoms with Crippen LogP contribution >= 0.6 is 0 Å². The summed E-state index contributed by atoms with van der Waals surface area (Å²) in [5.74, 6) is -0.257. The summed E-state index contributed by atoms with van der Waals surface area (Å²) in [6.45, 7) is 7.46. The summed E-state index contributed by atoms with van der Waals surface area (Å²) in [5, 5.41) is 7.82. The molecule has 0 saturated heterocycles. The molecular weight excluding hydrogens is 290 g/mol. The van der Waals surface area contributed by atoms with Gasteiger partial charge >= 0.3 is 0 Å². The van der Waals surface area contributed by atoms with Gasteiger partial charge in [0.15, 0.2) is 0 Å². The number of hydrogen-bond acceptors (Lipinski definition) is 4. The lowest BCUT2D eigenvalue weighted by molar-refractivity contribution is -0.117. The molecule has 7 heteroatoms. The van der Waals surface area contributed by atoms with Gasteiger partial charge in [0, 0.05) is 18.2 Å². The second kappa shape index (κ2) is 6.13. The summed E-state index contributed by atoms with van der Waals surface area (Å²) in [6.07, 6.45) is 0.155. The first-order chi connectivity index (χ1) is 9.43. The van der Waals surface area contributed by atoms with E-state index >= 15 is 0 Å². The van der Waals surface area contributed by atoms with Crippen LogP contribution in [0.3, 0.4) is 0 Å². The highest BCUT2D eigenvalue weighted by atomic mass is 32.2. The lowest BCUT2D eigenvalue weighted by Crippen LogP contribution is -2.38. The van der Waals surface area contributed by atoms with Crippen LogP contribution in [0.1, 0.15) is 32.8 Å². The molecule has 0 aliphatic carbocycles. The first kappa shape index (κ1) is 17.6. The van der Waals surface area contributed by atoms with E-state index in [-0.39, 0.29) is 28.7 Å². The molecule has 118 valence electrons. The molecule has 0 aromatic heterocycles. The van der Waals surface area contributed by atoms with Crippen LogP contribution in [0.4, 0.5) is 5.69 Å². The Hall–Kier alpha value is -1.44. The number of sulfonamides is 1. The SMILES string of the molecule is Cc1c(NC(=O)CC(N)C(C)(C)C)cccc1S(N)(=O)=O. The molecule has 0 saturated carbocycles. The maximum Gasteiger partial charge on any atom is 0.238 e. The van der Waals surface area contributed by atoms with Crippen molar-refractivity contribution >= 4 is 21.6 Å². The van der Waals surface area contributed by atoms with Gasteiger partial charge in [-0.15, -0.1) is 0 Å². The van der Waals surface area contributed by atoms with E-state index in [0.29, 0.717) is 11.3 Å². The monoisotopic (exact) mass is 313 g/mol. The Morgan fingerprint density at radius 1 is 1.33 bits per heavy atom. The molecule has 1 amide bonds. The highest BCUT2D eigenvalue weighted by Crippen LogP contribution is 2.24. The van der Waals surface area contributed by atoms with E-state index in [1.807, 2.05) is 20.8 Å². The van der Waals surface area contributed by atoms with Gasteiger partial charge in [-0.05, 0) is 30.0 Å². The number of nitrogens with one attached hydrogen (secondary N) is 1. The summed E-state index contributed by atoms with van der Waals surface area (Å²) < 4.78 is 22.9. The predicted molar refractivity (Wildman–Crippen MR) is 83.2 cm³/mol. The molecule has 0 aliphatic heterocycles. The molecule has 0 fully saturated rings. The van der Waals surface area contributed by atoms with E-state index in [0.717, 1.165) is 0 Å². The van der Waals surface area contributed by atoms with Crippen LogP contribution in [0.2, 0.25) is 0 Å². The van der Waals surface area contributed by atoms with Gasteiger partial charge in [-0.1, -0.05) is 26.8 Å². The van der Waals surface area contributed by atoms with Gasteiger partial charge < -0.3 is 11.1 Å². The minimum absolute atomic E-state index is 0.000389. The molecule has 0 bridgehead atoms. The number of anilines is 1. The van der Waals surface area contributed by atoms with Crippen molar-refractivity contribution in [1.29, 1.82) is 0 Å². The Balaban J connectivity index is 2.93.